The van der Waals surface area contributed by atoms with Gasteiger partial charge in [0.15, 0.2) is 0 Å². The summed E-state index contributed by atoms with van der Waals surface area (Å²) in [5, 5.41) is 3.60. The first-order chi connectivity index (χ1) is 17.7. The Morgan fingerprint density at radius 1 is 1.24 bits per heavy atom. The molecule has 1 saturated heterocycles. The first-order valence-electron chi connectivity index (χ1n) is 12.2. The summed E-state index contributed by atoms with van der Waals surface area (Å²) in [5.74, 6) is 0.598. The molecule has 4 aromatic rings. The van der Waals surface area contributed by atoms with E-state index in [0.29, 0.717) is 23.7 Å². The summed E-state index contributed by atoms with van der Waals surface area (Å²) < 4.78 is 24.5. The number of nitrogens with one attached hydrogen (secondary N) is 1. The van der Waals surface area contributed by atoms with Crippen molar-refractivity contribution in [2.24, 2.45) is 0 Å². The largest absolute Gasteiger partial charge is 0.486 e. The fourth-order valence-electron chi connectivity index (χ4n) is 4.67. The van der Waals surface area contributed by atoms with Gasteiger partial charge in [0, 0.05) is 52.1 Å². The second-order valence-corrected chi connectivity index (χ2v) is 11.1. The summed E-state index contributed by atoms with van der Waals surface area (Å²) in [6.45, 7) is 6.79. The Kier molecular flexibility index (Phi) is 7.20. The molecule has 0 unspecified atom stereocenters. The molecular formula is C27H28ClFN4O3S. The maximum Gasteiger partial charge on any atom is 0.331 e. The van der Waals surface area contributed by atoms with Crippen LogP contribution in [0.4, 0.5) is 4.39 Å². The number of benzene rings is 1. The molecule has 0 saturated carbocycles. The summed E-state index contributed by atoms with van der Waals surface area (Å²) in [6, 6.07) is 8.77. The predicted molar refractivity (Wildman–Crippen MR) is 146 cm³/mol. The van der Waals surface area contributed by atoms with Crippen LogP contribution in [-0.4, -0.2) is 39.5 Å². The van der Waals surface area contributed by atoms with E-state index in [1.165, 1.54) is 32.7 Å². The van der Waals surface area contributed by atoms with Crippen molar-refractivity contribution in [3.63, 3.8) is 0 Å². The highest BCUT2D eigenvalue weighted by atomic mass is 35.5. The van der Waals surface area contributed by atoms with Crippen molar-refractivity contribution >= 4 is 33.2 Å². The quantitative estimate of drug-likeness (QED) is 0.373. The minimum absolute atomic E-state index is 0.0663. The van der Waals surface area contributed by atoms with Crippen molar-refractivity contribution in [1.29, 1.82) is 0 Å². The molecule has 37 heavy (non-hydrogen) atoms. The Bertz CT molecular complexity index is 1580. The molecule has 2 atom stereocenters. The average Bonchev–Trinajstić information content (AvgIpc) is 3.27. The zero-order valence-electron chi connectivity index (χ0n) is 20.8. The number of ether oxygens (including phenoxy) is 1. The molecule has 3 aromatic heterocycles. The zero-order valence-corrected chi connectivity index (χ0v) is 22.4. The van der Waals surface area contributed by atoms with E-state index in [4.69, 9.17) is 16.3 Å². The molecule has 1 aliphatic rings. The van der Waals surface area contributed by atoms with Gasteiger partial charge in [-0.25, -0.2) is 9.18 Å². The number of thiophene rings is 1. The lowest BCUT2D eigenvalue weighted by Gasteiger charge is -2.29. The number of halogens is 2. The lowest BCUT2D eigenvalue weighted by Crippen LogP contribution is -2.44. The van der Waals surface area contributed by atoms with Gasteiger partial charge in [0.05, 0.1) is 16.8 Å². The highest BCUT2D eigenvalue weighted by Crippen LogP contribution is 2.42. The number of pyridine rings is 1. The summed E-state index contributed by atoms with van der Waals surface area (Å²) in [7, 11) is 0. The third-order valence-corrected chi connectivity index (χ3v) is 7.94. The molecule has 1 aromatic carbocycles. The SMILES string of the molecule is Cc1cc(Cl)cc(-c2ccnc3cc(Cn4c(=O)ccn(C(C)C)c4=O)sc23)c1O[C@H]1CCNC[C@@H]1F. The smallest absolute Gasteiger partial charge is 0.331 e. The van der Waals surface area contributed by atoms with E-state index in [0.717, 1.165) is 31.8 Å². The summed E-state index contributed by atoms with van der Waals surface area (Å²) in [6.07, 6.45) is 2.14. The van der Waals surface area contributed by atoms with Gasteiger partial charge in [0.1, 0.15) is 18.0 Å². The highest BCUT2D eigenvalue weighted by Gasteiger charge is 2.28. The molecule has 1 fully saturated rings. The van der Waals surface area contributed by atoms with Crippen LogP contribution in [0.3, 0.4) is 0 Å². The number of rotatable bonds is 6. The molecule has 1 N–H and O–H groups in total. The van der Waals surface area contributed by atoms with Crippen LogP contribution in [0.15, 0.2) is 52.3 Å². The molecule has 194 valence electrons. The normalized spacial score (nSPS) is 18.0. The number of fused-ring (bicyclic) bond motifs is 1. The topological polar surface area (TPSA) is 78.2 Å². The van der Waals surface area contributed by atoms with Crippen molar-refractivity contribution < 1.29 is 9.13 Å². The third-order valence-electron chi connectivity index (χ3n) is 6.58. The van der Waals surface area contributed by atoms with E-state index in [1.807, 2.05) is 45.0 Å². The zero-order chi connectivity index (χ0) is 26.3. The summed E-state index contributed by atoms with van der Waals surface area (Å²) in [5.41, 5.74) is 2.47. The molecule has 7 nitrogen and oxygen atoms in total. The Balaban J connectivity index is 1.58. The van der Waals surface area contributed by atoms with Gasteiger partial charge in [-0.15, -0.1) is 11.3 Å². The molecule has 5 rings (SSSR count). The van der Waals surface area contributed by atoms with Crippen molar-refractivity contribution in [2.45, 2.75) is 52.1 Å². The van der Waals surface area contributed by atoms with Gasteiger partial charge in [0.2, 0.25) is 0 Å². The molecule has 0 radical (unpaired) electrons. The molecule has 4 heterocycles. The van der Waals surface area contributed by atoms with Gasteiger partial charge >= 0.3 is 5.69 Å². The average molecular weight is 543 g/mol. The highest BCUT2D eigenvalue weighted by molar-refractivity contribution is 7.19. The van der Waals surface area contributed by atoms with Gasteiger partial charge in [-0.1, -0.05) is 11.6 Å². The van der Waals surface area contributed by atoms with Crippen LogP contribution < -0.4 is 21.3 Å². The van der Waals surface area contributed by atoms with Gasteiger partial charge in [-0.3, -0.25) is 18.9 Å². The minimum atomic E-state index is -1.11. The van der Waals surface area contributed by atoms with Crippen LogP contribution in [0.2, 0.25) is 5.02 Å². The predicted octanol–water partition coefficient (Wildman–Crippen LogP) is 4.96. The minimum Gasteiger partial charge on any atom is -0.486 e. The molecule has 10 heteroatoms. The van der Waals surface area contributed by atoms with Crippen LogP contribution in [0.1, 0.15) is 36.8 Å². The number of piperidine rings is 1. The number of hydrogen-bond donors (Lipinski definition) is 1. The Labute approximate surface area is 222 Å². The number of alkyl halides is 1. The van der Waals surface area contributed by atoms with Crippen molar-refractivity contribution in [2.75, 3.05) is 13.1 Å². The standard InChI is InChI=1S/C27H28ClFN4O3S/c1-15(2)32-9-6-24(34)33(27(32)35)14-18-12-22-26(37-18)19(4-8-31-22)20-11-17(28)10-16(3)25(20)36-23-5-7-30-13-21(23)29/h4,6,8-12,15,21,23,30H,5,7,13-14H2,1-3H3/t21-,23-/m0/s1. The Morgan fingerprint density at radius 2 is 2.05 bits per heavy atom. The molecular weight excluding hydrogens is 515 g/mol. The molecule has 0 spiro atoms. The maximum atomic E-state index is 14.6. The Morgan fingerprint density at radius 3 is 2.81 bits per heavy atom. The van der Waals surface area contributed by atoms with Crippen LogP contribution in [0.25, 0.3) is 21.3 Å². The molecule has 0 aliphatic carbocycles. The molecule has 1 aliphatic heterocycles. The van der Waals surface area contributed by atoms with Gasteiger partial charge in [-0.05, 0) is 63.6 Å². The number of aromatic nitrogens is 3. The van der Waals surface area contributed by atoms with Crippen LogP contribution in [0.5, 0.6) is 5.75 Å². The van der Waals surface area contributed by atoms with E-state index in [9.17, 15) is 14.0 Å². The monoisotopic (exact) mass is 542 g/mol. The summed E-state index contributed by atoms with van der Waals surface area (Å²) in [4.78, 5) is 30.8. The van der Waals surface area contributed by atoms with Gasteiger partial charge in [0.25, 0.3) is 5.56 Å². The first kappa shape index (κ1) is 25.6. The van der Waals surface area contributed by atoms with Gasteiger partial charge in [-0.2, -0.15) is 0 Å². The summed E-state index contributed by atoms with van der Waals surface area (Å²) >= 11 is 7.91. The number of aryl methyl sites for hydroxylation is 1. The second kappa shape index (κ2) is 10.4. The van der Waals surface area contributed by atoms with Crippen molar-refractivity contribution in [1.82, 2.24) is 19.4 Å². The van der Waals surface area contributed by atoms with Crippen molar-refractivity contribution in [3.8, 4) is 16.9 Å². The van der Waals surface area contributed by atoms with Crippen LogP contribution >= 0.6 is 22.9 Å². The van der Waals surface area contributed by atoms with E-state index in [1.54, 1.807) is 6.20 Å². The lowest BCUT2D eigenvalue weighted by molar-refractivity contribution is 0.0731. The van der Waals surface area contributed by atoms with Crippen LogP contribution in [0, 0.1) is 6.92 Å². The molecule has 0 bridgehead atoms. The van der Waals surface area contributed by atoms with E-state index in [2.05, 4.69) is 10.3 Å². The van der Waals surface area contributed by atoms with E-state index < -0.39 is 12.3 Å². The third kappa shape index (κ3) is 5.08. The fourth-order valence-corrected chi connectivity index (χ4v) is 6.07. The fraction of sp³-hybridized carbons (Fsp3) is 0.370. The van der Waals surface area contributed by atoms with E-state index >= 15 is 0 Å². The molecule has 0 amide bonds. The number of nitrogens with zero attached hydrogens (tertiary/aromatic N) is 3. The van der Waals surface area contributed by atoms with Crippen LogP contribution in [-0.2, 0) is 6.54 Å². The Hall–Kier alpha value is -3.01. The maximum absolute atomic E-state index is 14.6. The van der Waals surface area contributed by atoms with E-state index in [-0.39, 0.29) is 30.4 Å². The lowest BCUT2D eigenvalue weighted by atomic mass is 10.0. The number of hydrogen-bond acceptors (Lipinski definition) is 6. The first-order valence-corrected chi connectivity index (χ1v) is 13.4. The second-order valence-electron chi connectivity index (χ2n) is 9.57. The van der Waals surface area contributed by atoms with Gasteiger partial charge < -0.3 is 10.1 Å². The van der Waals surface area contributed by atoms with Crippen molar-refractivity contribution in [3.05, 3.63) is 79.0 Å².